The number of halogens is 1. The number of aryl methyl sites for hydroxylation is 1. The summed E-state index contributed by atoms with van der Waals surface area (Å²) < 4.78 is 26.1. The summed E-state index contributed by atoms with van der Waals surface area (Å²) in [6.45, 7) is 3.27. The van der Waals surface area contributed by atoms with Gasteiger partial charge in [-0.2, -0.15) is 5.10 Å². The fourth-order valence-corrected chi connectivity index (χ4v) is 3.52. The van der Waals surface area contributed by atoms with Gasteiger partial charge in [0.1, 0.15) is 6.54 Å². The van der Waals surface area contributed by atoms with Crippen LogP contribution in [0.25, 0.3) is 0 Å². The molecular formula is C18H20BrN3O3S. The molecule has 2 rings (SSSR count). The number of hydrogen-bond donors (Lipinski definition) is 1. The molecule has 0 aliphatic heterocycles. The summed E-state index contributed by atoms with van der Waals surface area (Å²) in [4.78, 5) is 12.2. The number of nitrogens with one attached hydrogen (secondary N) is 1. The third-order valence-electron chi connectivity index (χ3n) is 3.57. The van der Waals surface area contributed by atoms with Crippen LogP contribution in [0, 0.1) is 6.92 Å². The van der Waals surface area contributed by atoms with Crippen molar-refractivity contribution >= 4 is 43.3 Å². The van der Waals surface area contributed by atoms with Crippen molar-refractivity contribution in [1.82, 2.24) is 5.43 Å². The van der Waals surface area contributed by atoms with E-state index in [-0.39, 0.29) is 6.54 Å². The summed E-state index contributed by atoms with van der Waals surface area (Å²) in [6, 6.07) is 14.5. The van der Waals surface area contributed by atoms with Gasteiger partial charge in [-0.3, -0.25) is 9.10 Å². The van der Waals surface area contributed by atoms with Crippen LogP contribution >= 0.6 is 15.9 Å². The zero-order valence-corrected chi connectivity index (χ0v) is 17.1. The maximum absolute atomic E-state index is 12.2. The Bertz CT molecular complexity index is 942. The molecule has 1 amide bonds. The normalized spacial score (nSPS) is 11.9. The van der Waals surface area contributed by atoms with Crippen molar-refractivity contribution in [3.05, 3.63) is 64.1 Å². The summed E-state index contributed by atoms with van der Waals surface area (Å²) in [5, 5.41) is 4.06. The van der Waals surface area contributed by atoms with E-state index in [9.17, 15) is 13.2 Å². The highest BCUT2D eigenvalue weighted by molar-refractivity contribution is 9.10. The van der Waals surface area contributed by atoms with E-state index < -0.39 is 15.9 Å². The summed E-state index contributed by atoms with van der Waals surface area (Å²) in [7, 11) is -3.61. The largest absolute Gasteiger partial charge is 0.271 e. The predicted octanol–water partition coefficient (Wildman–Crippen LogP) is 3.06. The number of hydrazone groups is 1. The first-order chi connectivity index (χ1) is 12.2. The highest BCUT2D eigenvalue weighted by Crippen LogP contribution is 2.18. The fraction of sp³-hybridized carbons (Fsp3) is 0.222. The van der Waals surface area contributed by atoms with Crippen molar-refractivity contribution in [3.63, 3.8) is 0 Å². The van der Waals surface area contributed by atoms with Crippen LogP contribution in [-0.4, -0.2) is 32.8 Å². The SMILES string of the molecule is C/C(=N\NC(=O)CN(c1cccc(C)c1)S(C)(=O)=O)c1cccc(Br)c1. The summed E-state index contributed by atoms with van der Waals surface area (Å²) >= 11 is 3.38. The zero-order valence-electron chi connectivity index (χ0n) is 14.7. The Balaban J connectivity index is 2.14. The Hall–Kier alpha value is -2.19. The molecule has 0 aliphatic carbocycles. The Labute approximate surface area is 162 Å². The van der Waals surface area contributed by atoms with Crippen molar-refractivity contribution in [3.8, 4) is 0 Å². The van der Waals surface area contributed by atoms with E-state index in [2.05, 4.69) is 26.5 Å². The Morgan fingerprint density at radius 2 is 1.88 bits per heavy atom. The Morgan fingerprint density at radius 1 is 1.19 bits per heavy atom. The number of anilines is 1. The number of hydrogen-bond acceptors (Lipinski definition) is 4. The first-order valence-corrected chi connectivity index (χ1v) is 10.4. The molecule has 0 atom stereocenters. The molecule has 26 heavy (non-hydrogen) atoms. The van der Waals surface area contributed by atoms with Crippen molar-refractivity contribution in [2.24, 2.45) is 5.10 Å². The van der Waals surface area contributed by atoms with Crippen LogP contribution in [0.1, 0.15) is 18.1 Å². The van der Waals surface area contributed by atoms with Gasteiger partial charge in [-0.15, -0.1) is 0 Å². The van der Waals surface area contributed by atoms with E-state index in [1.54, 1.807) is 25.1 Å². The van der Waals surface area contributed by atoms with E-state index in [4.69, 9.17) is 0 Å². The van der Waals surface area contributed by atoms with Crippen molar-refractivity contribution < 1.29 is 13.2 Å². The average Bonchev–Trinajstić information content (AvgIpc) is 2.56. The van der Waals surface area contributed by atoms with E-state index >= 15 is 0 Å². The van der Waals surface area contributed by atoms with Crippen LogP contribution < -0.4 is 9.73 Å². The van der Waals surface area contributed by atoms with Crippen LogP contribution in [0.15, 0.2) is 58.1 Å². The first-order valence-electron chi connectivity index (χ1n) is 7.80. The maximum atomic E-state index is 12.2. The van der Waals surface area contributed by atoms with Crippen LogP contribution in [0.2, 0.25) is 0 Å². The van der Waals surface area contributed by atoms with Gasteiger partial charge in [-0.1, -0.05) is 40.2 Å². The van der Waals surface area contributed by atoms with E-state index in [1.165, 1.54) is 0 Å². The molecule has 138 valence electrons. The molecule has 0 aliphatic rings. The number of carbonyl (C=O) groups excluding carboxylic acids is 1. The molecular weight excluding hydrogens is 418 g/mol. The third-order valence-corrected chi connectivity index (χ3v) is 5.20. The molecule has 1 N–H and O–H groups in total. The van der Waals surface area contributed by atoms with Gasteiger partial charge in [-0.25, -0.2) is 13.8 Å². The average molecular weight is 438 g/mol. The van der Waals surface area contributed by atoms with Crippen LogP contribution in [0.5, 0.6) is 0 Å². The number of benzene rings is 2. The molecule has 0 saturated carbocycles. The summed E-state index contributed by atoms with van der Waals surface area (Å²) in [5.41, 5.74) is 5.22. The molecule has 2 aromatic rings. The molecule has 0 fully saturated rings. The van der Waals surface area contributed by atoms with Crippen molar-refractivity contribution in [2.75, 3.05) is 17.1 Å². The highest BCUT2D eigenvalue weighted by atomic mass is 79.9. The number of nitrogens with zero attached hydrogens (tertiary/aromatic N) is 2. The standard InChI is InChI=1S/C18H20BrN3O3S/c1-13-6-4-9-17(10-13)22(26(3,24)25)12-18(23)21-20-14(2)15-7-5-8-16(19)11-15/h4-11H,12H2,1-3H3,(H,21,23)/b20-14+. The summed E-state index contributed by atoms with van der Waals surface area (Å²) in [6.07, 6.45) is 1.07. The van der Waals surface area contributed by atoms with Gasteiger partial charge in [0.25, 0.3) is 5.91 Å². The van der Waals surface area contributed by atoms with Gasteiger partial charge in [0.15, 0.2) is 0 Å². The molecule has 2 aromatic carbocycles. The second-order valence-electron chi connectivity index (χ2n) is 5.85. The monoisotopic (exact) mass is 437 g/mol. The predicted molar refractivity (Wildman–Crippen MR) is 108 cm³/mol. The van der Waals surface area contributed by atoms with Crippen molar-refractivity contribution in [1.29, 1.82) is 0 Å². The number of sulfonamides is 1. The lowest BCUT2D eigenvalue weighted by molar-refractivity contribution is -0.119. The van der Waals surface area contributed by atoms with Gasteiger partial charge in [-0.05, 0) is 49.2 Å². The molecule has 0 bridgehead atoms. The molecule has 6 nitrogen and oxygen atoms in total. The lowest BCUT2D eigenvalue weighted by Crippen LogP contribution is -2.39. The van der Waals surface area contributed by atoms with Gasteiger partial charge < -0.3 is 0 Å². The molecule has 0 aromatic heterocycles. The number of rotatable bonds is 6. The van der Waals surface area contributed by atoms with E-state index in [1.807, 2.05) is 37.3 Å². The van der Waals surface area contributed by atoms with Crippen molar-refractivity contribution in [2.45, 2.75) is 13.8 Å². The molecule has 8 heteroatoms. The van der Waals surface area contributed by atoms with Crippen LogP contribution in [-0.2, 0) is 14.8 Å². The van der Waals surface area contributed by atoms with Crippen LogP contribution in [0.4, 0.5) is 5.69 Å². The Morgan fingerprint density at radius 3 is 2.50 bits per heavy atom. The highest BCUT2D eigenvalue weighted by Gasteiger charge is 2.20. The molecule has 0 heterocycles. The molecule has 0 unspecified atom stereocenters. The minimum absolute atomic E-state index is 0.350. The van der Waals surface area contributed by atoms with Gasteiger partial charge in [0, 0.05) is 4.47 Å². The van der Waals surface area contributed by atoms with Gasteiger partial charge in [0.05, 0.1) is 17.7 Å². The van der Waals surface area contributed by atoms with Gasteiger partial charge >= 0.3 is 0 Å². The second kappa shape index (κ2) is 8.46. The minimum atomic E-state index is -3.61. The second-order valence-corrected chi connectivity index (χ2v) is 8.67. The third kappa shape index (κ3) is 5.67. The molecule has 0 radical (unpaired) electrons. The zero-order chi connectivity index (χ0) is 19.3. The number of amides is 1. The lowest BCUT2D eigenvalue weighted by atomic mass is 10.1. The van der Waals surface area contributed by atoms with Crippen LogP contribution in [0.3, 0.4) is 0 Å². The van der Waals surface area contributed by atoms with Gasteiger partial charge in [0.2, 0.25) is 10.0 Å². The Kier molecular flexibility index (Phi) is 6.55. The molecule has 0 saturated heterocycles. The minimum Gasteiger partial charge on any atom is -0.271 e. The topological polar surface area (TPSA) is 78.8 Å². The van der Waals surface area contributed by atoms with E-state index in [0.29, 0.717) is 11.4 Å². The van der Waals surface area contributed by atoms with E-state index in [0.717, 1.165) is 26.2 Å². The summed E-state index contributed by atoms with van der Waals surface area (Å²) in [5.74, 6) is -0.522. The maximum Gasteiger partial charge on any atom is 0.260 e. The quantitative estimate of drug-likeness (QED) is 0.556. The number of carbonyl (C=O) groups is 1. The molecule has 0 spiro atoms. The first kappa shape index (κ1) is 20.1. The smallest absolute Gasteiger partial charge is 0.260 e. The lowest BCUT2D eigenvalue weighted by Gasteiger charge is -2.21. The fourth-order valence-electron chi connectivity index (χ4n) is 2.27.